The van der Waals surface area contributed by atoms with Crippen molar-refractivity contribution >= 4 is 23.4 Å². The first-order valence-electron chi connectivity index (χ1n) is 6.53. The predicted octanol–water partition coefficient (Wildman–Crippen LogP) is 2.99. The van der Waals surface area contributed by atoms with Gasteiger partial charge in [-0.1, -0.05) is 0 Å². The summed E-state index contributed by atoms with van der Waals surface area (Å²) in [6, 6.07) is 4.96. The molecule has 3 heterocycles. The van der Waals surface area contributed by atoms with E-state index >= 15 is 0 Å². The van der Waals surface area contributed by atoms with Crippen LogP contribution in [0.25, 0.3) is 11.2 Å². The number of hydrogen-bond donors (Lipinski definition) is 1. The second kappa shape index (κ2) is 4.39. The maximum absolute atomic E-state index is 5.47. The molecule has 3 rings (SSSR count). The number of nitrogens with one attached hydrogen (secondary N) is 1. The number of aromatic amines is 1. The Kier molecular flexibility index (Phi) is 2.86. The summed E-state index contributed by atoms with van der Waals surface area (Å²) >= 11 is 5.47. The van der Waals surface area contributed by atoms with Crippen molar-refractivity contribution in [2.45, 2.75) is 45.2 Å². The molecule has 1 fully saturated rings. The number of rotatable bonds is 1. The first-order valence-corrected chi connectivity index (χ1v) is 6.93. The van der Waals surface area contributed by atoms with Crippen LogP contribution < -0.4 is 5.01 Å². The fourth-order valence-electron chi connectivity index (χ4n) is 2.94. The quantitative estimate of drug-likeness (QED) is 0.803. The lowest BCUT2D eigenvalue weighted by Crippen LogP contribution is -2.51. The maximum atomic E-state index is 5.47. The Labute approximate surface area is 112 Å². The molecule has 1 aliphatic rings. The van der Waals surface area contributed by atoms with Gasteiger partial charge < -0.3 is 9.99 Å². The minimum Gasteiger partial charge on any atom is -0.328 e. The molecule has 1 aliphatic heterocycles. The van der Waals surface area contributed by atoms with Crippen molar-refractivity contribution in [1.82, 2.24) is 14.6 Å². The number of hydrogen-bond acceptors (Lipinski definition) is 3. The van der Waals surface area contributed by atoms with Gasteiger partial charge in [0.2, 0.25) is 0 Å². The number of imidazole rings is 1. The lowest BCUT2D eigenvalue weighted by atomic mass is 10.00. The molecule has 2 aromatic heterocycles. The third kappa shape index (κ3) is 1.73. The van der Waals surface area contributed by atoms with Crippen LogP contribution in [0.15, 0.2) is 18.3 Å². The molecule has 18 heavy (non-hydrogen) atoms. The highest BCUT2D eigenvalue weighted by molar-refractivity contribution is 7.71. The highest BCUT2D eigenvalue weighted by Crippen LogP contribution is 2.23. The van der Waals surface area contributed by atoms with E-state index in [-0.39, 0.29) is 0 Å². The zero-order valence-electron chi connectivity index (χ0n) is 10.8. The third-order valence-electron chi connectivity index (χ3n) is 3.80. The molecular formula is C13H18N4S. The lowest BCUT2D eigenvalue weighted by molar-refractivity contribution is 0.338. The van der Waals surface area contributed by atoms with Crippen molar-refractivity contribution in [3.05, 3.63) is 23.1 Å². The van der Waals surface area contributed by atoms with Gasteiger partial charge in [-0.15, -0.1) is 0 Å². The number of nitrogens with zero attached hydrogens (tertiary/aromatic N) is 3. The summed E-state index contributed by atoms with van der Waals surface area (Å²) in [6.07, 6.45) is 5.54. The second-order valence-electron chi connectivity index (χ2n) is 5.13. The number of H-pyrrole nitrogens is 1. The van der Waals surface area contributed by atoms with Crippen molar-refractivity contribution in [1.29, 1.82) is 0 Å². The Morgan fingerprint density at radius 3 is 2.78 bits per heavy atom. The third-order valence-corrected chi connectivity index (χ3v) is 4.07. The van der Waals surface area contributed by atoms with Crippen LogP contribution >= 0.6 is 12.2 Å². The van der Waals surface area contributed by atoms with E-state index in [0.717, 1.165) is 15.9 Å². The molecule has 96 valence electrons. The Morgan fingerprint density at radius 1 is 1.33 bits per heavy atom. The molecule has 2 unspecified atom stereocenters. The molecule has 0 radical (unpaired) electrons. The average Bonchev–Trinajstić information content (AvgIpc) is 2.66. The summed E-state index contributed by atoms with van der Waals surface area (Å²) < 4.78 is 2.82. The van der Waals surface area contributed by atoms with Gasteiger partial charge >= 0.3 is 0 Å². The molecule has 0 bridgehead atoms. The molecule has 1 saturated heterocycles. The second-order valence-corrected chi connectivity index (χ2v) is 5.51. The van der Waals surface area contributed by atoms with Crippen LogP contribution in [-0.2, 0) is 0 Å². The SMILES string of the molecule is CC1CCCC(C)N1n1c(=S)[nH]c2cccnc21. The van der Waals surface area contributed by atoms with Gasteiger partial charge in [0.05, 0.1) is 5.52 Å². The average molecular weight is 262 g/mol. The molecule has 2 atom stereocenters. The molecule has 4 nitrogen and oxygen atoms in total. The van der Waals surface area contributed by atoms with Crippen LogP contribution in [0.1, 0.15) is 33.1 Å². The topological polar surface area (TPSA) is 36.9 Å². The van der Waals surface area contributed by atoms with E-state index in [4.69, 9.17) is 12.2 Å². The van der Waals surface area contributed by atoms with Gasteiger partial charge in [-0.2, -0.15) is 0 Å². The Hall–Kier alpha value is -1.36. The fraction of sp³-hybridized carbons (Fsp3) is 0.538. The molecule has 2 aromatic rings. The van der Waals surface area contributed by atoms with E-state index < -0.39 is 0 Å². The van der Waals surface area contributed by atoms with E-state index in [1.807, 2.05) is 18.3 Å². The number of fused-ring (bicyclic) bond motifs is 1. The van der Waals surface area contributed by atoms with E-state index in [9.17, 15) is 0 Å². The van der Waals surface area contributed by atoms with E-state index in [0.29, 0.717) is 12.1 Å². The Balaban J connectivity index is 2.18. The predicted molar refractivity (Wildman–Crippen MR) is 75.9 cm³/mol. The van der Waals surface area contributed by atoms with Gasteiger partial charge in [0.1, 0.15) is 0 Å². The molecule has 0 aromatic carbocycles. The lowest BCUT2D eigenvalue weighted by Gasteiger charge is -2.40. The van der Waals surface area contributed by atoms with Crippen LogP contribution in [0, 0.1) is 4.77 Å². The van der Waals surface area contributed by atoms with Crippen molar-refractivity contribution in [3.8, 4) is 0 Å². The zero-order chi connectivity index (χ0) is 12.7. The van der Waals surface area contributed by atoms with Crippen LogP contribution in [0.3, 0.4) is 0 Å². The largest absolute Gasteiger partial charge is 0.328 e. The molecule has 0 saturated carbocycles. The Bertz CT molecular complexity index is 605. The molecule has 0 amide bonds. The van der Waals surface area contributed by atoms with Gasteiger partial charge in [0.15, 0.2) is 10.4 Å². The highest BCUT2D eigenvalue weighted by atomic mass is 32.1. The van der Waals surface area contributed by atoms with E-state index in [1.54, 1.807) is 0 Å². The van der Waals surface area contributed by atoms with E-state index in [1.165, 1.54) is 19.3 Å². The zero-order valence-corrected chi connectivity index (χ0v) is 11.6. The van der Waals surface area contributed by atoms with Crippen LogP contribution in [0.2, 0.25) is 0 Å². The minimum atomic E-state index is 0.501. The first kappa shape index (κ1) is 11.7. The van der Waals surface area contributed by atoms with Crippen LogP contribution in [0.5, 0.6) is 0 Å². The fourth-order valence-corrected chi connectivity index (χ4v) is 3.23. The Morgan fingerprint density at radius 2 is 2.06 bits per heavy atom. The standard InChI is InChI=1S/C13H18N4S/c1-9-5-3-6-10(2)16(9)17-12-11(15-13(17)18)7-4-8-14-12/h4,7-10H,3,5-6H2,1-2H3,(H,15,18). The summed E-state index contributed by atoms with van der Waals surface area (Å²) in [5.41, 5.74) is 1.94. The number of piperidine rings is 1. The first-order chi connectivity index (χ1) is 8.68. The smallest absolute Gasteiger partial charge is 0.198 e. The van der Waals surface area contributed by atoms with Gasteiger partial charge in [0, 0.05) is 18.3 Å². The van der Waals surface area contributed by atoms with Gasteiger partial charge in [-0.3, -0.25) is 0 Å². The van der Waals surface area contributed by atoms with Crippen molar-refractivity contribution in [2.75, 3.05) is 5.01 Å². The number of aromatic nitrogens is 3. The normalized spacial score (nSPS) is 24.7. The van der Waals surface area contributed by atoms with E-state index in [2.05, 4.69) is 33.5 Å². The molecule has 0 aliphatic carbocycles. The van der Waals surface area contributed by atoms with Crippen molar-refractivity contribution in [2.24, 2.45) is 0 Å². The van der Waals surface area contributed by atoms with Crippen molar-refractivity contribution < 1.29 is 0 Å². The van der Waals surface area contributed by atoms with Gasteiger partial charge in [-0.05, 0) is 57.5 Å². The van der Waals surface area contributed by atoms with Crippen LogP contribution in [-0.4, -0.2) is 26.7 Å². The minimum absolute atomic E-state index is 0.501. The van der Waals surface area contributed by atoms with Crippen molar-refractivity contribution in [3.63, 3.8) is 0 Å². The molecule has 5 heteroatoms. The summed E-state index contributed by atoms with van der Waals surface area (Å²) in [5.74, 6) is 0. The number of pyridine rings is 1. The summed E-state index contributed by atoms with van der Waals surface area (Å²) in [4.78, 5) is 7.71. The van der Waals surface area contributed by atoms with Gasteiger partial charge in [-0.25, -0.2) is 9.66 Å². The summed E-state index contributed by atoms with van der Waals surface area (Å²) in [6.45, 7) is 4.53. The molecular weight excluding hydrogens is 244 g/mol. The highest BCUT2D eigenvalue weighted by Gasteiger charge is 2.27. The monoisotopic (exact) mass is 262 g/mol. The summed E-state index contributed by atoms with van der Waals surface area (Å²) in [5, 5.41) is 2.37. The maximum Gasteiger partial charge on any atom is 0.198 e. The van der Waals surface area contributed by atoms with Gasteiger partial charge in [0.25, 0.3) is 0 Å². The summed E-state index contributed by atoms with van der Waals surface area (Å²) in [7, 11) is 0. The molecule has 1 N–H and O–H groups in total. The molecule has 0 spiro atoms. The van der Waals surface area contributed by atoms with Crippen LogP contribution in [0.4, 0.5) is 0 Å².